The van der Waals surface area contributed by atoms with E-state index in [2.05, 4.69) is 15.6 Å². The molecular weight excluding hydrogens is 328 g/mol. The Bertz CT molecular complexity index is 551. The fourth-order valence-electron chi connectivity index (χ4n) is 3.34. The van der Waals surface area contributed by atoms with Gasteiger partial charge in [0.2, 0.25) is 17.7 Å². The van der Waals surface area contributed by atoms with Crippen molar-refractivity contribution in [3.05, 3.63) is 0 Å². The fraction of sp³-hybridized carbons (Fsp3) is 0.750. The van der Waals surface area contributed by atoms with Gasteiger partial charge in [-0.05, 0) is 12.8 Å². The summed E-state index contributed by atoms with van der Waals surface area (Å²) in [5, 5.41) is 6.73. The molecule has 8 heteroatoms. The monoisotopic (exact) mass is 352 g/mol. The van der Waals surface area contributed by atoms with Crippen molar-refractivity contribution in [1.29, 1.82) is 0 Å². The maximum atomic E-state index is 12.1. The van der Waals surface area contributed by atoms with Crippen LogP contribution >= 0.6 is 11.8 Å². The molecule has 7 nitrogen and oxygen atoms in total. The lowest BCUT2D eigenvalue weighted by Crippen LogP contribution is -2.50. The summed E-state index contributed by atoms with van der Waals surface area (Å²) in [7, 11) is 0. The average Bonchev–Trinajstić information content (AvgIpc) is 2.81. The largest absolute Gasteiger partial charge is 0.353 e. The van der Waals surface area contributed by atoms with Crippen LogP contribution in [0.4, 0.5) is 0 Å². The van der Waals surface area contributed by atoms with Crippen LogP contribution in [0.2, 0.25) is 0 Å². The summed E-state index contributed by atoms with van der Waals surface area (Å²) in [6.45, 7) is 1.08. The minimum absolute atomic E-state index is 0.0897. The lowest BCUT2D eigenvalue weighted by molar-refractivity contribution is -0.139. The molecule has 24 heavy (non-hydrogen) atoms. The molecule has 2 N–H and O–H groups in total. The molecule has 3 amide bonds. The number of nitrogens with zero attached hydrogens (tertiary/aromatic N) is 2. The van der Waals surface area contributed by atoms with E-state index in [0.717, 1.165) is 12.8 Å². The average molecular weight is 352 g/mol. The summed E-state index contributed by atoms with van der Waals surface area (Å²) in [5.74, 6) is -0.465. The van der Waals surface area contributed by atoms with E-state index >= 15 is 0 Å². The zero-order valence-electron chi connectivity index (χ0n) is 13.8. The molecule has 1 saturated heterocycles. The first kappa shape index (κ1) is 17.3. The second kappa shape index (κ2) is 8.00. The quantitative estimate of drug-likeness (QED) is 0.780. The maximum absolute atomic E-state index is 12.1. The predicted octanol–water partition coefficient (Wildman–Crippen LogP) is 0.645. The smallest absolute Gasteiger partial charge is 0.239 e. The van der Waals surface area contributed by atoms with Crippen LogP contribution in [-0.2, 0) is 14.4 Å². The van der Waals surface area contributed by atoms with E-state index in [9.17, 15) is 14.4 Å². The highest BCUT2D eigenvalue weighted by molar-refractivity contribution is 8.14. The molecule has 2 fully saturated rings. The SMILES string of the molecule is O=C1CN(C(=O)CCC(=O)NC2=N[C@H]3CCCCC[C@H]3S2)CCN1. The van der Waals surface area contributed by atoms with Gasteiger partial charge < -0.3 is 15.5 Å². The number of carbonyl (C=O) groups excluding carboxylic acids is 3. The Labute approximate surface area is 146 Å². The van der Waals surface area contributed by atoms with Crippen LogP contribution in [0, 0.1) is 0 Å². The van der Waals surface area contributed by atoms with E-state index in [-0.39, 0.29) is 37.1 Å². The topological polar surface area (TPSA) is 90.9 Å². The van der Waals surface area contributed by atoms with Crippen molar-refractivity contribution < 1.29 is 14.4 Å². The van der Waals surface area contributed by atoms with Gasteiger partial charge in [-0.3, -0.25) is 19.4 Å². The molecule has 3 aliphatic rings. The summed E-state index contributed by atoms with van der Waals surface area (Å²) in [5.41, 5.74) is 0. The Balaban J connectivity index is 1.42. The van der Waals surface area contributed by atoms with Crippen LogP contribution in [0.1, 0.15) is 44.9 Å². The lowest BCUT2D eigenvalue weighted by Gasteiger charge is -2.26. The van der Waals surface area contributed by atoms with E-state index in [1.165, 1.54) is 24.2 Å². The molecule has 0 unspecified atom stereocenters. The van der Waals surface area contributed by atoms with E-state index < -0.39 is 0 Å². The van der Waals surface area contributed by atoms with Crippen molar-refractivity contribution >= 4 is 34.7 Å². The standard InChI is InChI=1S/C16H24N4O3S/c21-13(6-7-15(23)20-9-8-17-14(22)10-20)19-16-18-11-4-2-1-3-5-12(11)24-16/h11-12H,1-10H2,(H,17,22)(H,18,19,21)/t11-,12+/m0/s1. The number of aliphatic imine (C=N–C) groups is 1. The third kappa shape index (κ3) is 4.49. The predicted molar refractivity (Wildman–Crippen MR) is 92.7 cm³/mol. The van der Waals surface area contributed by atoms with Gasteiger partial charge in [-0.15, -0.1) is 0 Å². The highest BCUT2D eigenvalue weighted by Crippen LogP contribution is 2.35. The first-order valence-corrected chi connectivity index (χ1v) is 9.58. The Hall–Kier alpha value is -1.57. The molecule has 2 atom stereocenters. The number of amidine groups is 1. The molecule has 132 valence electrons. The normalized spacial score (nSPS) is 26.9. The van der Waals surface area contributed by atoms with Gasteiger partial charge in [-0.1, -0.05) is 31.0 Å². The minimum atomic E-state index is -0.174. The first-order chi connectivity index (χ1) is 11.6. The van der Waals surface area contributed by atoms with Gasteiger partial charge in [0, 0.05) is 31.2 Å². The fourth-order valence-corrected chi connectivity index (χ4v) is 4.63. The number of hydrogen-bond donors (Lipinski definition) is 2. The number of hydrogen-bond acceptors (Lipinski definition) is 5. The van der Waals surface area contributed by atoms with E-state index in [1.54, 1.807) is 11.8 Å². The van der Waals surface area contributed by atoms with Crippen molar-refractivity contribution in [2.75, 3.05) is 19.6 Å². The number of piperazine rings is 1. The molecule has 0 aromatic heterocycles. The molecule has 0 spiro atoms. The Kier molecular flexibility index (Phi) is 5.76. The van der Waals surface area contributed by atoms with Gasteiger partial charge in [0.15, 0.2) is 5.17 Å². The first-order valence-electron chi connectivity index (χ1n) is 8.70. The summed E-state index contributed by atoms with van der Waals surface area (Å²) in [6.07, 6.45) is 6.25. The summed E-state index contributed by atoms with van der Waals surface area (Å²) < 4.78 is 0. The zero-order chi connectivity index (χ0) is 16.9. The van der Waals surface area contributed by atoms with Crippen LogP contribution < -0.4 is 10.6 Å². The molecule has 0 bridgehead atoms. The third-order valence-corrected chi connectivity index (χ3v) is 5.95. The van der Waals surface area contributed by atoms with Gasteiger partial charge in [0.1, 0.15) is 0 Å². The minimum Gasteiger partial charge on any atom is -0.353 e. The molecule has 0 radical (unpaired) electrons. The van der Waals surface area contributed by atoms with Crippen molar-refractivity contribution in [2.24, 2.45) is 4.99 Å². The highest BCUT2D eigenvalue weighted by atomic mass is 32.2. The summed E-state index contributed by atoms with van der Waals surface area (Å²) in [4.78, 5) is 41.6. The molecule has 1 aliphatic carbocycles. The Morgan fingerprint density at radius 2 is 2.08 bits per heavy atom. The van der Waals surface area contributed by atoms with E-state index in [1.807, 2.05) is 0 Å². The van der Waals surface area contributed by atoms with Gasteiger partial charge in [-0.2, -0.15) is 0 Å². The molecule has 2 heterocycles. The Morgan fingerprint density at radius 1 is 1.25 bits per heavy atom. The van der Waals surface area contributed by atoms with Crippen molar-refractivity contribution in [1.82, 2.24) is 15.5 Å². The molecule has 1 saturated carbocycles. The van der Waals surface area contributed by atoms with Crippen LogP contribution in [0.5, 0.6) is 0 Å². The number of fused-ring (bicyclic) bond motifs is 1. The van der Waals surface area contributed by atoms with Crippen LogP contribution in [-0.4, -0.2) is 58.7 Å². The van der Waals surface area contributed by atoms with Gasteiger partial charge >= 0.3 is 0 Å². The van der Waals surface area contributed by atoms with Gasteiger partial charge in [0.05, 0.1) is 12.6 Å². The number of rotatable bonds is 3. The Morgan fingerprint density at radius 3 is 2.92 bits per heavy atom. The molecule has 3 rings (SSSR count). The van der Waals surface area contributed by atoms with Gasteiger partial charge in [0.25, 0.3) is 0 Å². The van der Waals surface area contributed by atoms with Crippen LogP contribution in [0.3, 0.4) is 0 Å². The lowest BCUT2D eigenvalue weighted by atomic mass is 10.1. The molecule has 0 aromatic rings. The molecule has 2 aliphatic heterocycles. The highest BCUT2D eigenvalue weighted by Gasteiger charge is 2.31. The number of carbonyl (C=O) groups is 3. The van der Waals surface area contributed by atoms with Crippen LogP contribution in [0.25, 0.3) is 0 Å². The van der Waals surface area contributed by atoms with Crippen molar-refractivity contribution in [2.45, 2.75) is 56.2 Å². The van der Waals surface area contributed by atoms with E-state index in [4.69, 9.17) is 0 Å². The van der Waals surface area contributed by atoms with Crippen molar-refractivity contribution in [3.8, 4) is 0 Å². The number of amides is 3. The van der Waals surface area contributed by atoms with Crippen molar-refractivity contribution in [3.63, 3.8) is 0 Å². The maximum Gasteiger partial charge on any atom is 0.239 e. The second-order valence-corrected chi connectivity index (χ2v) is 7.74. The number of thioether (sulfide) groups is 1. The molecule has 0 aromatic carbocycles. The summed E-state index contributed by atoms with van der Waals surface area (Å²) in [6, 6.07) is 0.335. The zero-order valence-corrected chi connectivity index (χ0v) is 14.6. The summed E-state index contributed by atoms with van der Waals surface area (Å²) >= 11 is 1.67. The molecular formula is C16H24N4O3S. The third-order valence-electron chi connectivity index (χ3n) is 4.67. The number of nitrogens with one attached hydrogen (secondary N) is 2. The second-order valence-electron chi connectivity index (χ2n) is 6.51. The van der Waals surface area contributed by atoms with Gasteiger partial charge in [-0.25, -0.2) is 0 Å². The van der Waals surface area contributed by atoms with E-state index in [0.29, 0.717) is 29.5 Å². The van der Waals surface area contributed by atoms with Crippen LogP contribution in [0.15, 0.2) is 4.99 Å².